The van der Waals surface area contributed by atoms with Crippen molar-refractivity contribution in [3.63, 3.8) is 0 Å². The molecule has 3 rings (SSSR count). The second kappa shape index (κ2) is 6.79. The van der Waals surface area contributed by atoms with E-state index in [-0.39, 0.29) is 0 Å². The van der Waals surface area contributed by atoms with Crippen LogP contribution in [0.4, 0.5) is 0 Å². The van der Waals surface area contributed by atoms with E-state index in [0.29, 0.717) is 6.42 Å². The van der Waals surface area contributed by atoms with E-state index in [1.54, 1.807) is 14.2 Å². The fourth-order valence-corrected chi connectivity index (χ4v) is 2.81. The highest BCUT2D eigenvalue weighted by molar-refractivity contribution is 5.43. The van der Waals surface area contributed by atoms with Crippen molar-refractivity contribution in [3.05, 3.63) is 35.4 Å². The lowest BCUT2D eigenvalue weighted by molar-refractivity contribution is 0.323. The number of ether oxygens (including phenoxy) is 2. The quantitative estimate of drug-likeness (QED) is 0.884. The maximum Gasteiger partial charge on any atom is 0.164 e. The van der Waals surface area contributed by atoms with Gasteiger partial charge in [-0.25, -0.2) is 4.98 Å². The topological polar surface area (TPSA) is 63.3 Å². The van der Waals surface area contributed by atoms with Crippen LogP contribution >= 0.6 is 0 Å². The van der Waals surface area contributed by atoms with Gasteiger partial charge >= 0.3 is 0 Å². The van der Waals surface area contributed by atoms with Gasteiger partial charge in [0.25, 0.3) is 0 Å². The first kappa shape index (κ1) is 14.8. The first-order chi connectivity index (χ1) is 10.8. The molecule has 0 aliphatic carbocycles. The van der Waals surface area contributed by atoms with E-state index in [0.717, 1.165) is 48.3 Å². The molecule has 22 heavy (non-hydrogen) atoms. The Morgan fingerprint density at radius 2 is 1.91 bits per heavy atom. The van der Waals surface area contributed by atoms with Gasteiger partial charge in [-0.2, -0.15) is 5.10 Å². The Hall–Kier alpha value is -2.08. The molecule has 0 unspecified atom stereocenters. The third-order valence-corrected chi connectivity index (χ3v) is 3.96. The van der Waals surface area contributed by atoms with Gasteiger partial charge in [-0.15, -0.1) is 0 Å². The summed E-state index contributed by atoms with van der Waals surface area (Å²) in [6.07, 6.45) is 3.26. The third-order valence-electron chi connectivity index (χ3n) is 3.96. The third kappa shape index (κ3) is 3.39. The molecule has 0 amide bonds. The number of hydrogen-bond acceptors (Lipinski definition) is 5. The van der Waals surface area contributed by atoms with Crippen molar-refractivity contribution in [2.75, 3.05) is 27.3 Å². The van der Waals surface area contributed by atoms with E-state index in [1.807, 2.05) is 18.2 Å². The Balaban J connectivity index is 1.66. The Morgan fingerprint density at radius 1 is 1.14 bits per heavy atom. The van der Waals surface area contributed by atoms with Crippen LogP contribution in [0.5, 0.6) is 11.5 Å². The predicted octanol–water partition coefficient (Wildman–Crippen LogP) is 2.01. The predicted molar refractivity (Wildman–Crippen MR) is 83.2 cm³/mol. The average molecular weight is 302 g/mol. The highest BCUT2D eigenvalue weighted by Crippen LogP contribution is 2.28. The van der Waals surface area contributed by atoms with Crippen LogP contribution in [0, 0.1) is 0 Å². The molecule has 6 heteroatoms. The Morgan fingerprint density at radius 3 is 2.64 bits per heavy atom. The molecule has 1 aromatic carbocycles. The maximum atomic E-state index is 5.33. The summed E-state index contributed by atoms with van der Waals surface area (Å²) in [4.78, 5) is 6.98. The Bertz CT molecular complexity index is 620. The summed E-state index contributed by atoms with van der Waals surface area (Å²) < 4.78 is 10.6. The summed E-state index contributed by atoms with van der Waals surface area (Å²) in [5.74, 6) is 3.22. The summed E-state index contributed by atoms with van der Waals surface area (Å²) in [5, 5.41) is 7.35. The van der Waals surface area contributed by atoms with Gasteiger partial charge in [0.05, 0.1) is 20.8 Å². The van der Waals surface area contributed by atoms with Crippen molar-refractivity contribution in [2.24, 2.45) is 0 Å². The van der Waals surface area contributed by atoms with Crippen LogP contribution in [0.3, 0.4) is 0 Å². The van der Waals surface area contributed by atoms with Crippen LogP contribution in [0.2, 0.25) is 0 Å². The minimum absolute atomic E-state index is 0.702. The van der Waals surface area contributed by atoms with Crippen molar-refractivity contribution >= 4 is 0 Å². The van der Waals surface area contributed by atoms with Crippen LogP contribution in [0.25, 0.3) is 0 Å². The van der Waals surface area contributed by atoms with Gasteiger partial charge in [0.1, 0.15) is 5.82 Å². The molecule has 0 spiro atoms. The number of hydrogen-bond donors (Lipinski definition) is 1. The molecule has 1 fully saturated rings. The summed E-state index contributed by atoms with van der Waals surface area (Å²) >= 11 is 0. The molecule has 2 aromatic rings. The first-order valence-electron chi connectivity index (χ1n) is 7.62. The fraction of sp³-hybridized carbons (Fsp3) is 0.500. The van der Waals surface area contributed by atoms with Gasteiger partial charge < -0.3 is 9.47 Å². The minimum atomic E-state index is 0.702. The molecule has 0 atom stereocenters. The van der Waals surface area contributed by atoms with Crippen molar-refractivity contribution in [3.8, 4) is 11.5 Å². The number of nitrogens with zero attached hydrogens (tertiary/aromatic N) is 3. The molecular weight excluding hydrogens is 280 g/mol. The number of benzene rings is 1. The van der Waals surface area contributed by atoms with Crippen LogP contribution in [-0.2, 0) is 13.0 Å². The first-order valence-corrected chi connectivity index (χ1v) is 7.62. The maximum absolute atomic E-state index is 5.33. The summed E-state index contributed by atoms with van der Waals surface area (Å²) in [6.45, 7) is 3.14. The van der Waals surface area contributed by atoms with Gasteiger partial charge in [0, 0.05) is 6.42 Å². The van der Waals surface area contributed by atoms with Crippen molar-refractivity contribution in [2.45, 2.75) is 25.8 Å². The molecule has 118 valence electrons. The van der Waals surface area contributed by atoms with E-state index in [2.05, 4.69) is 20.1 Å². The number of H-pyrrole nitrogens is 1. The summed E-state index contributed by atoms with van der Waals surface area (Å²) in [6, 6.07) is 5.90. The van der Waals surface area contributed by atoms with E-state index in [9.17, 15) is 0 Å². The molecule has 1 aliphatic rings. The number of aromatic nitrogens is 3. The number of nitrogens with one attached hydrogen (secondary N) is 1. The van der Waals surface area contributed by atoms with E-state index in [1.165, 1.54) is 12.8 Å². The Labute approximate surface area is 130 Å². The van der Waals surface area contributed by atoms with Crippen LogP contribution in [0.15, 0.2) is 18.2 Å². The lowest BCUT2D eigenvalue weighted by atomic mass is 10.1. The normalized spacial score (nSPS) is 15.2. The SMILES string of the molecule is COc1ccc(Cc2nc(CN3CCCC3)n[nH]2)cc1OC. The number of likely N-dealkylation sites (tertiary alicyclic amines) is 1. The number of aromatic amines is 1. The highest BCUT2D eigenvalue weighted by atomic mass is 16.5. The van der Waals surface area contributed by atoms with Crippen LogP contribution in [-0.4, -0.2) is 47.4 Å². The number of methoxy groups -OCH3 is 2. The second-order valence-electron chi connectivity index (χ2n) is 5.55. The highest BCUT2D eigenvalue weighted by Gasteiger charge is 2.14. The largest absolute Gasteiger partial charge is 0.493 e. The van der Waals surface area contributed by atoms with Gasteiger partial charge in [-0.3, -0.25) is 10.00 Å². The minimum Gasteiger partial charge on any atom is -0.493 e. The van der Waals surface area contributed by atoms with Gasteiger partial charge in [-0.05, 0) is 43.6 Å². The zero-order valence-electron chi connectivity index (χ0n) is 13.1. The van der Waals surface area contributed by atoms with Crippen molar-refractivity contribution in [1.29, 1.82) is 0 Å². The molecule has 1 saturated heterocycles. The summed E-state index contributed by atoms with van der Waals surface area (Å²) in [7, 11) is 3.28. The average Bonchev–Trinajstić information content (AvgIpc) is 3.20. The summed E-state index contributed by atoms with van der Waals surface area (Å²) in [5.41, 5.74) is 1.11. The molecule has 0 saturated carbocycles. The standard InChI is InChI=1S/C16H22N4O2/c1-21-13-6-5-12(9-14(13)22-2)10-15-17-16(19-18-15)11-20-7-3-4-8-20/h5-6,9H,3-4,7-8,10-11H2,1-2H3,(H,17,18,19). The van der Waals surface area contributed by atoms with Crippen molar-refractivity contribution in [1.82, 2.24) is 20.1 Å². The van der Waals surface area contributed by atoms with E-state index in [4.69, 9.17) is 9.47 Å². The molecule has 6 nitrogen and oxygen atoms in total. The van der Waals surface area contributed by atoms with Crippen molar-refractivity contribution < 1.29 is 9.47 Å². The lowest BCUT2D eigenvalue weighted by Gasteiger charge is -2.10. The van der Waals surface area contributed by atoms with Crippen LogP contribution < -0.4 is 9.47 Å². The zero-order chi connectivity index (χ0) is 15.4. The van der Waals surface area contributed by atoms with Gasteiger partial charge in [-0.1, -0.05) is 6.07 Å². The number of rotatable bonds is 6. The molecule has 1 aliphatic heterocycles. The Kier molecular flexibility index (Phi) is 4.58. The zero-order valence-corrected chi connectivity index (χ0v) is 13.1. The van der Waals surface area contributed by atoms with E-state index >= 15 is 0 Å². The van der Waals surface area contributed by atoms with Gasteiger partial charge in [0.15, 0.2) is 17.3 Å². The second-order valence-corrected chi connectivity index (χ2v) is 5.55. The fourth-order valence-electron chi connectivity index (χ4n) is 2.81. The molecule has 1 N–H and O–H groups in total. The molecule has 0 radical (unpaired) electrons. The van der Waals surface area contributed by atoms with Gasteiger partial charge in [0.2, 0.25) is 0 Å². The smallest absolute Gasteiger partial charge is 0.164 e. The molecule has 2 heterocycles. The lowest BCUT2D eigenvalue weighted by Crippen LogP contribution is -2.19. The molecular formula is C16H22N4O2. The molecule has 0 bridgehead atoms. The van der Waals surface area contributed by atoms with Crippen LogP contribution in [0.1, 0.15) is 30.1 Å². The molecule has 1 aromatic heterocycles. The monoisotopic (exact) mass is 302 g/mol. The van der Waals surface area contributed by atoms with E-state index < -0.39 is 0 Å².